The molecule has 0 radical (unpaired) electrons. The maximum Gasteiger partial charge on any atom is 0.433 e. The van der Waals surface area contributed by atoms with E-state index in [1.165, 1.54) is 4.31 Å². The Kier molecular flexibility index (Phi) is 4.96. The number of aryl methyl sites for hydroxylation is 1. The van der Waals surface area contributed by atoms with Crippen LogP contribution in [0, 0.1) is 5.41 Å². The van der Waals surface area contributed by atoms with Crippen molar-refractivity contribution in [3.05, 3.63) is 23.5 Å². The van der Waals surface area contributed by atoms with Gasteiger partial charge in [0.1, 0.15) is 10.6 Å². The predicted molar refractivity (Wildman–Crippen MR) is 95.2 cm³/mol. The first-order valence-electron chi connectivity index (χ1n) is 9.54. The molecule has 0 aromatic carbocycles. The van der Waals surface area contributed by atoms with Crippen molar-refractivity contribution in [2.75, 3.05) is 39.4 Å². The molecule has 4 rings (SSSR count). The van der Waals surface area contributed by atoms with Gasteiger partial charge in [0.2, 0.25) is 10.0 Å². The fraction of sp³-hybridized carbons (Fsp3) is 0.722. The molecular weight excluding hydrogens is 395 g/mol. The normalized spacial score (nSPS) is 24.1. The lowest BCUT2D eigenvalue weighted by Crippen LogP contribution is -2.74. The number of alkyl halides is 3. The third-order valence-corrected chi connectivity index (χ3v) is 7.85. The van der Waals surface area contributed by atoms with Crippen LogP contribution in [0.15, 0.2) is 17.0 Å². The van der Waals surface area contributed by atoms with Gasteiger partial charge in [0.15, 0.2) is 0 Å². The lowest BCUT2D eigenvalue weighted by Gasteiger charge is -2.61. The zero-order valence-electron chi connectivity index (χ0n) is 15.7. The number of aromatic nitrogens is 1. The fourth-order valence-electron chi connectivity index (χ4n) is 4.47. The minimum Gasteiger partial charge on any atom is -0.381 e. The highest BCUT2D eigenvalue weighted by molar-refractivity contribution is 7.89. The van der Waals surface area contributed by atoms with E-state index in [1.54, 1.807) is 6.92 Å². The number of pyridine rings is 1. The van der Waals surface area contributed by atoms with Gasteiger partial charge in [-0.25, -0.2) is 13.4 Å². The molecule has 3 saturated heterocycles. The number of hydrogen-bond acceptors (Lipinski definition) is 5. The summed E-state index contributed by atoms with van der Waals surface area (Å²) in [5.74, 6) is 0. The minimum atomic E-state index is -4.59. The number of nitrogens with zero attached hydrogens (tertiary/aromatic N) is 3. The molecule has 0 saturated carbocycles. The molecule has 10 heteroatoms. The van der Waals surface area contributed by atoms with Crippen LogP contribution in [0.4, 0.5) is 13.2 Å². The van der Waals surface area contributed by atoms with Crippen molar-refractivity contribution >= 4 is 10.0 Å². The Hall–Kier alpha value is -1.23. The van der Waals surface area contributed by atoms with E-state index in [0.29, 0.717) is 19.1 Å². The molecule has 0 bridgehead atoms. The van der Waals surface area contributed by atoms with Gasteiger partial charge in [-0.05, 0) is 31.4 Å². The van der Waals surface area contributed by atoms with E-state index in [0.717, 1.165) is 51.3 Å². The summed E-state index contributed by atoms with van der Waals surface area (Å²) < 4.78 is 71.3. The van der Waals surface area contributed by atoms with Crippen LogP contribution in [-0.2, 0) is 27.4 Å². The van der Waals surface area contributed by atoms with Crippen molar-refractivity contribution in [1.29, 1.82) is 0 Å². The number of rotatable bonds is 4. The largest absolute Gasteiger partial charge is 0.433 e. The van der Waals surface area contributed by atoms with E-state index in [1.807, 2.05) is 0 Å². The first kappa shape index (κ1) is 20.1. The Labute approximate surface area is 162 Å². The summed E-state index contributed by atoms with van der Waals surface area (Å²) in [5.41, 5.74) is -1.11. The van der Waals surface area contributed by atoms with Gasteiger partial charge in [0.25, 0.3) is 0 Å². The van der Waals surface area contributed by atoms with E-state index < -0.39 is 21.9 Å². The maximum absolute atomic E-state index is 12.9. The molecule has 4 heterocycles. The second-order valence-electron chi connectivity index (χ2n) is 8.01. The quantitative estimate of drug-likeness (QED) is 0.749. The highest BCUT2D eigenvalue weighted by atomic mass is 32.2. The summed E-state index contributed by atoms with van der Waals surface area (Å²) in [5, 5.41) is 0. The minimum absolute atomic E-state index is 0.0168. The molecule has 0 unspecified atom stereocenters. The van der Waals surface area contributed by atoms with E-state index in [4.69, 9.17) is 4.74 Å². The fourth-order valence-corrected chi connectivity index (χ4v) is 6.36. The summed E-state index contributed by atoms with van der Waals surface area (Å²) in [7, 11) is -3.83. The highest BCUT2D eigenvalue weighted by Crippen LogP contribution is 2.44. The van der Waals surface area contributed by atoms with Gasteiger partial charge in [0, 0.05) is 50.8 Å². The van der Waals surface area contributed by atoms with Crippen LogP contribution in [0.25, 0.3) is 0 Å². The maximum atomic E-state index is 12.9. The third kappa shape index (κ3) is 3.44. The predicted octanol–water partition coefficient (Wildman–Crippen LogP) is 2.15. The summed E-state index contributed by atoms with van der Waals surface area (Å²) in [4.78, 5) is 5.84. The monoisotopic (exact) mass is 419 g/mol. The molecule has 0 amide bonds. The number of hydrogen-bond donors (Lipinski definition) is 0. The second kappa shape index (κ2) is 6.93. The van der Waals surface area contributed by atoms with Crippen molar-refractivity contribution in [2.24, 2.45) is 5.41 Å². The molecule has 3 aliphatic heterocycles. The van der Waals surface area contributed by atoms with Crippen LogP contribution in [0.2, 0.25) is 0 Å². The average molecular weight is 419 g/mol. The van der Waals surface area contributed by atoms with E-state index in [9.17, 15) is 21.6 Å². The highest BCUT2D eigenvalue weighted by Gasteiger charge is 2.56. The van der Waals surface area contributed by atoms with Gasteiger partial charge >= 0.3 is 6.18 Å². The second-order valence-corrected chi connectivity index (χ2v) is 9.92. The lowest BCUT2D eigenvalue weighted by molar-refractivity contribution is -0.141. The van der Waals surface area contributed by atoms with Crippen LogP contribution in [-0.4, -0.2) is 68.0 Å². The number of ether oxygens (including phenoxy) is 1. The van der Waals surface area contributed by atoms with Crippen molar-refractivity contribution in [2.45, 2.75) is 43.3 Å². The molecule has 6 nitrogen and oxygen atoms in total. The summed E-state index contributed by atoms with van der Waals surface area (Å²) in [6.45, 7) is 5.73. The molecule has 28 heavy (non-hydrogen) atoms. The van der Waals surface area contributed by atoms with Crippen LogP contribution in [0.5, 0.6) is 0 Å². The summed E-state index contributed by atoms with van der Waals surface area (Å²) >= 11 is 0. The molecule has 0 aliphatic carbocycles. The molecule has 1 spiro atoms. The van der Waals surface area contributed by atoms with E-state index >= 15 is 0 Å². The van der Waals surface area contributed by atoms with Gasteiger partial charge in [-0.1, -0.05) is 6.92 Å². The zero-order valence-corrected chi connectivity index (χ0v) is 16.5. The smallest absolute Gasteiger partial charge is 0.381 e. The molecule has 156 valence electrons. The Morgan fingerprint density at radius 2 is 1.82 bits per heavy atom. The number of likely N-dealkylation sites (tertiary alicyclic amines) is 1. The average Bonchev–Trinajstić information content (AvgIpc) is 2.58. The van der Waals surface area contributed by atoms with Crippen LogP contribution in [0.3, 0.4) is 0 Å². The first-order chi connectivity index (χ1) is 13.1. The lowest BCUT2D eigenvalue weighted by atomic mass is 9.73. The van der Waals surface area contributed by atoms with Crippen molar-refractivity contribution < 1.29 is 26.3 Å². The van der Waals surface area contributed by atoms with Crippen molar-refractivity contribution in [3.63, 3.8) is 0 Å². The van der Waals surface area contributed by atoms with Crippen LogP contribution in [0.1, 0.15) is 31.2 Å². The molecule has 3 aliphatic rings. The Morgan fingerprint density at radius 1 is 1.18 bits per heavy atom. The van der Waals surface area contributed by atoms with Crippen molar-refractivity contribution in [1.82, 2.24) is 14.2 Å². The Balaban J connectivity index is 1.43. The summed E-state index contributed by atoms with van der Waals surface area (Å²) in [6, 6.07) is 2.30. The van der Waals surface area contributed by atoms with Crippen LogP contribution >= 0.6 is 0 Å². The van der Waals surface area contributed by atoms with E-state index in [2.05, 4.69) is 9.88 Å². The Bertz CT molecular complexity index is 839. The Morgan fingerprint density at radius 3 is 2.39 bits per heavy atom. The topological polar surface area (TPSA) is 62.7 Å². The van der Waals surface area contributed by atoms with Crippen LogP contribution < -0.4 is 0 Å². The zero-order chi connectivity index (χ0) is 20.2. The number of halogens is 3. The van der Waals surface area contributed by atoms with Gasteiger partial charge in [-0.15, -0.1) is 0 Å². The standard InChI is InChI=1S/C18H24F3N3O3S/c1-2-14-15(3-4-16(22-14)18(19,20)21)28(25,26)24-11-17(12-24)9-23(10-17)13-5-7-27-8-6-13/h3-4,13H,2,5-12H2,1H3. The molecule has 1 aromatic rings. The molecular formula is C18H24F3N3O3S. The van der Waals surface area contributed by atoms with Gasteiger partial charge in [0.05, 0.1) is 5.69 Å². The van der Waals surface area contributed by atoms with Gasteiger partial charge in [-0.3, -0.25) is 4.90 Å². The molecule has 0 N–H and O–H groups in total. The van der Waals surface area contributed by atoms with Gasteiger partial charge in [-0.2, -0.15) is 17.5 Å². The SMILES string of the molecule is CCc1nc(C(F)(F)F)ccc1S(=O)(=O)N1CC2(CN(C3CCOCC3)C2)C1. The summed E-state index contributed by atoms with van der Waals surface area (Å²) in [6.07, 6.45) is -2.45. The van der Waals surface area contributed by atoms with Gasteiger partial charge < -0.3 is 4.74 Å². The first-order valence-corrected chi connectivity index (χ1v) is 11.0. The molecule has 0 atom stereocenters. The number of sulfonamides is 1. The molecule has 1 aromatic heterocycles. The molecule has 3 fully saturated rings. The van der Waals surface area contributed by atoms with Crippen molar-refractivity contribution in [3.8, 4) is 0 Å². The third-order valence-electron chi connectivity index (χ3n) is 5.98. The van der Waals surface area contributed by atoms with E-state index in [-0.39, 0.29) is 22.4 Å².